The predicted octanol–water partition coefficient (Wildman–Crippen LogP) is 3.30. The van der Waals surface area contributed by atoms with E-state index in [0.29, 0.717) is 5.69 Å². The number of aryl methyl sites for hydroxylation is 1. The molecule has 0 aliphatic rings. The van der Waals surface area contributed by atoms with Crippen molar-refractivity contribution in [3.8, 4) is 0 Å². The van der Waals surface area contributed by atoms with E-state index >= 15 is 0 Å². The van der Waals surface area contributed by atoms with E-state index in [1.807, 2.05) is 38.5 Å². The van der Waals surface area contributed by atoms with Gasteiger partial charge in [0.05, 0.1) is 6.04 Å². The minimum atomic E-state index is -0.0443. The van der Waals surface area contributed by atoms with E-state index in [1.54, 1.807) is 21.8 Å². The zero-order valence-corrected chi connectivity index (χ0v) is 13.6. The smallest absolute Gasteiger partial charge is 0.274 e. The molecule has 5 heteroatoms. The number of carbonyl (C=O) groups is 1. The molecule has 0 aromatic carbocycles. The standard InChI is InChI=1S/C17H24N4O/c1-4-6-9-16(14-8-7-11-18-13-14)20(3)17(22)15-10-12-21(5-2)19-15/h7-8,10-13,16H,4-6,9H2,1-3H3/t16-/m0/s1. The van der Waals surface area contributed by atoms with Crippen LogP contribution in [-0.4, -0.2) is 32.6 Å². The summed E-state index contributed by atoms with van der Waals surface area (Å²) in [6.45, 7) is 4.93. The molecule has 0 bridgehead atoms. The van der Waals surface area contributed by atoms with Crippen molar-refractivity contribution in [2.24, 2.45) is 0 Å². The summed E-state index contributed by atoms with van der Waals surface area (Å²) in [6, 6.07) is 5.76. The van der Waals surface area contributed by atoms with Gasteiger partial charge in [-0.3, -0.25) is 14.5 Å². The topological polar surface area (TPSA) is 51.0 Å². The molecular formula is C17H24N4O. The van der Waals surface area contributed by atoms with Gasteiger partial charge in [0, 0.05) is 32.2 Å². The van der Waals surface area contributed by atoms with E-state index in [2.05, 4.69) is 17.0 Å². The Bertz CT molecular complexity index is 594. The van der Waals surface area contributed by atoms with Gasteiger partial charge in [-0.05, 0) is 31.0 Å². The maximum Gasteiger partial charge on any atom is 0.274 e. The number of hydrogen-bond donors (Lipinski definition) is 0. The van der Waals surface area contributed by atoms with Gasteiger partial charge in [-0.1, -0.05) is 25.8 Å². The molecule has 2 rings (SSSR count). The molecule has 0 N–H and O–H groups in total. The first-order valence-corrected chi connectivity index (χ1v) is 7.87. The first kappa shape index (κ1) is 16.2. The molecule has 0 radical (unpaired) electrons. The highest BCUT2D eigenvalue weighted by molar-refractivity contribution is 5.92. The molecule has 0 saturated heterocycles. The maximum atomic E-state index is 12.7. The number of carbonyl (C=O) groups excluding carboxylic acids is 1. The second-order valence-electron chi connectivity index (χ2n) is 5.42. The fourth-order valence-corrected chi connectivity index (χ4v) is 2.53. The Labute approximate surface area is 132 Å². The van der Waals surface area contributed by atoms with Crippen LogP contribution in [0.5, 0.6) is 0 Å². The van der Waals surface area contributed by atoms with E-state index in [4.69, 9.17) is 0 Å². The minimum absolute atomic E-state index is 0.0351. The lowest BCUT2D eigenvalue weighted by atomic mass is 10.0. The highest BCUT2D eigenvalue weighted by Crippen LogP contribution is 2.25. The van der Waals surface area contributed by atoms with Gasteiger partial charge in [-0.2, -0.15) is 5.10 Å². The fourth-order valence-electron chi connectivity index (χ4n) is 2.53. The number of nitrogens with zero attached hydrogens (tertiary/aromatic N) is 4. The molecule has 2 aromatic rings. The Morgan fingerprint density at radius 1 is 1.36 bits per heavy atom. The molecule has 5 nitrogen and oxygen atoms in total. The molecular weight excluding hydrogens is 276 g/mol. The first-order valence-electron chi connectivity index (χ1n) is 7.87. The van der Waals surface area contributed by atoms with E-state index in [0.717, 1.165) is 31.4 Å². The summed E-state index contributed by atoms with van der Waals surface area (Å²) in [5, 5.41) is 4.32. The molecule has 0 saturated carbocycles. The number of amides is 1. The molecule has 22 heavy (non-hydrogen) atoms. The summed E-state index contributed by atoms with van der Waals surface area (Å²) >= 11 is 0. The van der Waals surface area contributed by atoms with Crippen LogP contribution in [0.1, 0.15) is 55.2 Å². The fraction of sp³-hybridized carbons (Fsp3) is 0.471. The maximum absolute atomic E-state index is 12.7. The number of unbranched alkanes of at least 4 members (excludes halogenated alkanes) is 1. The average Bonchev–Trinajstić information content (AvgIpc) is 3.04. The SMILES string of the molecule is CCCC[C@@H](c1cccnc1)N(C)C(=O)c1ccn(CC)n1. The van der Waals surface area contributed by atoms with Crippen LogP contribution in [0.2, 0.25) is 0 Å². The minimum Gasteiger partial charge on any atom is -0.333 e. The quantitative estimate of drug-likeness (QED) is 0.788. The van der Waals surface area contributed by atoms with Gasteiger partial charge >= 0.3 is 0 Å². The van der Waals surface area contributed by atoms with E-state index in [9.17, 15) is 4.79 Å². The summed E-state index contributed by atoms with van der Waals surface area (Å²) in [7, 11) is 1.85. The lowest BCUT2D eigenvalue weighted by Gasteiger charge is -2.28. The van der Waals surface area contributed by atoms with Crippen LogP contribution in [0, 0.1) is 0 Å². The number of hydrogen-bond acceptors (Lipinski definition) is 3. The van der Waals surface area contributed by atoms with Gasteiger partial charge in [0.1, 0.15) is 5.69 Å². The Hall–Kier alpha value is -2.17. The summed E-state index contributed by atoms with van der Waals surface area (Å²) < 4.78 is 1.77. The average molecular weight is 300 g/mol. The van der Waals surface area contributed by atoms with E-state index in [-0.39, 0.29) is 11.9 Å². The summed E-state index contributed by atoms with van der Waals surface area (Å²) in [5.41, 5.74) is 1.57. The normalized spacial score (nSPS) is 12.1. The van der Waals surface area contributed by atoms with Crippen LogP contribution in [0.25, 0.3) is 0 Å². The Morgan fingerprint density at radius 2 is 2.18 bits per heavy atom. The summed E-state index contributed by atoms with van der Waals surface area (Å²) in [5.74, 6) is -0.0443. The van der Waals surface area contributed by atoms with Crippen LogP contribution in [0.15, 0.2) is 36.8 Å². The Balaban J connectivity index is 2.20. The Kier molecular flexibility index (Phi) is 5.69. The molecule has 1 amide bonds. The highest BCUT2D eigenvalue weighted by Gasteiger charge is 2.24. The Morgan fingerprint density at radius 3 is 2.77 bits per heavy atom. The van der Waals surface area contributed by atoms with Gasteiger partial charge in [0.25, 0.3) is 5.91 Å². The van der Waals surface area contributed by atoms with Crippen molar-refractivity contribution in [3.63, 3.8) is 0 Å². The zero-order valence-electron chi connectivity index (χ0n) is 13.6. The van der Waals surface area contributed by atoms with Crippen molar-refractivity contribution in [2.75, 3.05) is 7.05 Å². The van der Waals surface area contributed by atoms with Crippen molar-refractivity contribution in [3.05, 3.63) is 48.0 Å². The predicted molar refractivity (Wildman–Crippen MR) is 86.5 cm³/mol. The van der Waals surface area contributed by atoms with Crippen LogP contribution in [-0.2, 0) is 6.54 Å². The monoisotopic (exact) mass is 300 g/mol. The van der Waals surface area contributed by atoms with Crippen molar-refractivity contribution in [1.82, 2.24) is 19.7 Å². The van der Waals surface area contributed by atoms with Gasteiger partial charge in [-0.15, -0.1) is 0 Å². The van der Waals surface area contributed by atoms with Gasteiger partial charge in [0.15, 0.2) is 0 Å². The van der Waals surface area contributed by atoms with Crippen molar-refractivity contribution < 1.29 is 4.79 Å². The van der Waals surface area contributed by atoms with Gasteiger partial charge < -0.3 is 4.90 Å². The number of aromatic nitrogens is 3. The largest absolute Gasteiger partial charge is 0.333 e. The second kappa shape index (κ2) is 7.73. The van der Waals surface area contributed by atoms with E-state index < -0.39 is 0 Å². The third-order valence-electron chi connectivity index (χ3n) is 3.87. The molecule has 2 heterocycles. The highest BCUT2D eigenvalue weighted by atomic mass is 16.2. The van der Waals surface area contributed by atoms with Crippen LogP contribution < -0.4 is 0 Å². The summed E-state index contributed by atoms with van der Waals surface area (Å²) in [6.07, 6.45) is 8.54. The number of pyridine rings is 1. The van der Waals surface area contributed by atoms with Crippen molar-refractivity contribution >= 4 is 5.91 Å². The lowest BCUT2D eigenvalue weighted by Crippen LogP contribution is -2.31. The molecule has 0 fully saturated rings. The van der Waals surface area contributed by atoms with Crippen molar-refractivity contribution in [2.45, 2.75) is 45.7 Å². The molecule has 0 unspecified atom stereocenters. The van der Waals surface area contributed by atoms with Crippen LogP contribution in [0.4, 0.5) is 0 Å². The molecule has 0 aliphatic carbocycles. The van der Waals surface area contributed by atoms with Gasteiger partial charge in [0.2, 0.25) is 0 Å². The van der Waals surface area contributed by atoms with Crippen LogP contribution in [0.3, 0.4) is 0 Å². The van der Waals surface area contributed by atoms with E-state index in [1.165, 1.54) is 0 Å². The van der Waals surface area contributed by atoms with Crippen LogP contribution >= 0.6 is 0 Å². The molecule has 118 valence electrons. The molecule has 0 aliphatic heterocycles. The first-order chi connectivity index (χ1) is 10.7. The zero-order chi connectivity index (χ0) is 15.9. The van der Waals surface area contributed by atoms with Crippen molar-refractivity contribution in [1.29, 1.82) is 0 Å². The number of rotatable bonds is 7. The summed E-state index contributed by atoms with van der Waals surface area (Å²) in [4.78, 5) is 18.7. The second-order valence-corrected chi connectivity index (χ2v) is 5.42. The third-order valence-corrected chi connectivity index (χ3v) is 3.87. The third kappa shape index (κ3) is 3.72. The van der Waals surface area contributed by atoms with Gasteiger partial charge in [-0.25, -0.2) is 0 Å². The lowest BCUT2D eigenvalue weighted by molar-refractivity contribution is 0.0713. The molecule has 2 aromatic heterocycles. The molecule has 0 spiro atoms. The molecule has 1 atom stereocenters.